The molecule has 0 spiro atoms. The van der Waals surface area contributed by atoms with Gasteiger partial charge in [-0.1, -0.05) is 49.2 Å². The van der Waals surface area contributed by atoms with Gasteiger partial charge in [-0.3, -0.25) is 10.3 Å². The Morgan fingerprint density at radius 2 is 1.71 bits per heavy atom. The first-order valence-corrected chi connectivity index (χ1v) is 13.7. The number of amidine groups is 1. The number of carbonyl (C=O) groups excluding carboxylic acids is 1. The fourth-order valence-corrected chi connectivity index (χ4v) is 7.17. The van der Waals surface area contributed by atoms with Crippen LogP contribution in [-0.4, -0.2) is 65.2 Å². The standard InChI is InChI=1S/C21H29ClN4O3S2/c22-19-15-23-20(30-19)24-21(27)26(16-7-3-1-4-8-16)17-11-13-25(14-12-17)31(28,29)18-9-5-2-6-10-18/h2,5-6,9-10,16-17,19H,1,3-4,7-8,11-15H2,(H,23,24,27). The molecule has 4 rings (SSSR count). The third-order valence-electron chi connectivity index (χ3n) is 6.23. The molecule has 1 atom stereocenters. The molecule has 10 heteroatoms. The number of nitrogens with zero attached hydrogens (tertiary/aromatic N) is 3. The molecule has 3 aliphatic rings. The summed E-state index contributed by atoms with van der Waals surface area (Å²) in [7, 11) is -3.50. The van der Waals surface area contributed by atoms with Crippen molar-refractivity contribution in [2.45, 2.75) is 66.6 Å². The number of urea groups is 1. The van der Waals surface area contributed by atoms with E-state index in [4.69, 9.17) is 11.6 Å². The maximum absolute atomic E-state index is 13.3. The summed E-state index contributed by atoms with van der Waals surface area (Å²) in [6.07, 6.45) is 6.70. The summed E-state index contributed by atoms with van der Waals surface area (Å²) in [4.78, 5) is 19.9. The average molecular weight is 485 g/mol. The highest BCUT2D eigenvalue weighted by atomic mass is 35.5. The monoisotopic (exact) mass is 484 g/mol. The van der Waals surface area contributed by atoms with E-state index in [0.29, 0.717) is 42.5 Å². The molecule has 0 bridgehead atoms. The number of amides is 2. The van der Waals surface area contributed by atoms with Gasteiger partial charge in [-0.05, 0) is 37.8 Å². The Hall–Kier alpha value is -1.29. The molecule has 1 saturated heterocycles. The molecule has 2 fully saturated rings. The second kappa shape index (κ2) is 10.1. The molecule has 7 nitrogen and oxygen atoms in total. The van der Waals surface area contributed by atoms with Gasteiger partial charge in [0.1, 0.15) is 4.71 Å². The van der Waals surface area contributed by atoms with Crippen LogP contribution >= 0.6 is 23.4 Å². The quantitative estimate of drug-likeness (QED) is 0.658. The number of sulfonamides is 1. The highest BCUT2D eigenvalue weighted by molar-refractivity contribution is 8.15. The van der Waals surface area contributed by atoms with Crippen molar-refractivity contribution in [3.63, 3.8) is 0 Å². The first-order valence-electron chi connectivity index (χ1n) is 10.9. The van der Waals surface area contributed by atoms with Crippen LogP contribution in [0.1, 0.15) is 44.9 Å². The highest BCUT2D eigenvalue weighted by Crippen LogP contribution is 2.30. The lowest BCUT2D eigenvalue weighted by molar-refractivity contribution is 0.100. The predicted molar refractivity (Wildman–Crippen MR) is 125 cm³/mol. The van der Waals surface area contributed by atoms with Crippen molar-refractivity contribution >= 4 is 44.6 Å². The number of halogens is 1. The van der Waals surface area contributed by atoms with Crippen molar-refractivity contribution in [1.29, 1.82) is 0 Å². The molecule has 31 heavy (non-hydrogen) atoms. The van der Waals surface area contributed by atoms with Crippen molar-refractivity contribution in [3.05, 3.63) is 30.3 Å². The summed E-state index contributed by atoms with van der Waals surface area (Å²) in [6.45, 7) is 1.33. The SMILES string of the molecule is O=C(NC1=NCC(Cl)S1)N(C1CCCCC1)C1CCN(S(=O)(=O)c2ccccc2)CC1. The zero-order chi connectivity index (χ0) is 21.8. The Morgan fingerprint density at radius 3 is 2.32 bits per heavy atom. The number of piperidine rings is 1. The minimum absolute atomic E-state index is 0.0177. The van der Waals surface area contributed by atoms with Crippen molar-refractivity contribution in [1.82, 2.24) is 14.5 Å². The van der Waals surface area contributed by atoms with E-state index in [2.05, 4.69) is 10.3 Å². The molecule has 1 N–H and O–H groups in total. The van der Waals surface area contributed by atoms with Gasteiger partial charge < -0.3 is 4.90 Å². The molecular weight excluding hydrogens is 456 g/mol. The first kappa shape index (κ1) is 22.9. The number of nitrogens with one attached hydrogen (secondary N) is 1. The third kappa shape index (κ3) is 5.38. The van der Waals surface area contributed by atoms with Crippen molar-refractivity contribution in [3.8, 4) is 0 Å². The fourth-order valence-electron chi connectivity index (χ4n) is 4.67. The van der Waals surface area contributed by atoms with Crippen LogP contribution in [0.2, 0.25) is 0 Å². The summed E-state index contributed by atoms with van der Waals surface area (Å²) < 4.78 is 27.3. The molecule has 1 unspecified atom stereocenters. The second-order valence-corrected chi connectivity index (χ2v) is 12.2. The number of carbonyl (C=O) groups is 1. The molecule has 2 aliphatic heterocycles. The Morgan fingerprint density at radius 1 is 1.06 bits per heavy atom. The number of aliphatic imine (C=N–C) groups is 1. The van der Waals surface area contributed by atoms with Crippen molar-refractivity contribution in [2.75, 3.05) is 19.6 Å². The predicted octanol–water partition coefficient (Wildman–Crippen LogP) is 3.85. The minimum Gasteiger partial charge on any atom is -0.318 e. The largest absolute Gasteiger partial charge is 0.323 e. The van der Waals surface area contributed by atoms with Crippen LogP contribution in [-0.2, 0) is 10.0 Å². The molecule has 1 aromatic rings. The van der Waals surface area contributed by atoms with Gasteiger partial charge in [0.2, 0.25) is 10.0 Å². The zero-order valence-electron chi connectivity index (χ0n) is 17.5. The van der Waals surface area contributed by atoms with E-state index >= 15 is 0 Å². The highest BCUT2D eigenvalue weighted by Gasteiger charge is 2.37. The summed E-state index contributed by atoms with van der Waals surface area (Å²) in [5.74, 6) is 0. The second-order valence-electron chi connectivity index (χ2n) is 8.25. The van der Waals surface area contributed by atoms with Gasteiger partial charge >= 0.3 is 6.03 Å². The Bertz CT molecular complexity index is 898. The summed E-state index contributed by atoms with van der Waals surface area (Å²) in [5, 5.41) is 3.53. The van der Waals surface area contributed by atoms with E-state index in [1.807, 2.05) is 11.0 Å². The Balaban J connectivity index is 1.45. The first-order chi connectivity index (χ1) is 14.9. The fraction of sp³-hybridized carbons (Fsp3) is 0.619. The molecule has 170 valence electrons. The van der Waals surface area contributed by atoms with Crippen LogP contribution in [0.25, 0.3) is 0 Å². The smallest absolute Gasteiger partial charge is 0.318 e. The molecule has 1 aromatic carbocycles. The molecule has 1 saturated carbocycles. The van der Waals surface area contributed by atoms with Crippen LogP contribution in [0.15, 0.2) is 40.2 Å². The topological polar surface area (TPSA) is 82.1 Å². The molecule has 1 aliphatic carbocycles. The lowest BCUT2D eigenvalue weighted by Crippen LogP contribution is -2.56. The van der Waals surface area contributed by atoms with Crippen LogP contribution in [0.4, 0.5) is 4.79 Å². The molecule has 2 heterocycles. The maximum Gasteiger partial charge on any atom is 0.323 e. The summed E-state index contributed by atoms with van der Waals surface area (Å²) in [5.41, 5.74) is 0. The number of benzene rings is 1. The third-order valence-corrected chi connectivity index (χ3v) is 9.41. The van der Waals surface area contributed by atoms with Gasteiger partial charge in [-0.2, -0.15) is 4.31 Å². The van der Waals surface area contributed by atoms with Gasteiger partial charge in [-0.25, -0.2) is 13.2 Å². The normalized spacial score (nSPS) is 24.0. The number of hydrogen-bond donors (Lipinski definition) is 1. The molecule has 0 radical (unpaired) electrons. The van der Waals surface area contributed by atoms with Gasteiger partial charge in [0.15, 0.2) is 5.17 Å². The number of hydrogen-bond acceptors (Lipinski definition) is 5. The van der Waals surface area contributed by atoms with Crippen LogP contribution < -0.4 is 5.32 Å². The lowest BCUT2D eigenvalue weighted by Gasteiger charge is -2.43. The Kier molecular flexibility index (Phi) is 7.46. The van der Waals surface area contributed by atoms with E-state index < -0.39 is 10.0 Å². The number of thioether (sulfide) groups is 1. The molecule has 0 aromatic heterocycles. The van der Waals surface area contributed by atoms with Crippen LogP contribution in [0.3, 0.4) is 0 Å². The average Bonchev–Trinajstić information content (AvgIpc) is 3.20. The molecule has 2 amide bonds. The van der Waals surface area contributed by atoms with Crippen LogP contribution in [0.5, 0.6) is 0 Å². The van der Waals surface area contributed by atoms with Crippen molar-refractivity contribution in [2.24, 2.45) is 4.99 Å². The minimum atomic E-state index is -3.50. The zero-order valence-corrected chi connectivity index (χ0v) is 19.8. The number of rotatable bonds is 4. The van der Waals surface area contributed by atoms with E-state index in [1.54, 1.807) is 28.6 Å². The van der Waals surface area contributed by atoms with E-state index in [9.17, 15) is 13.2 Å². The van der Waals surface area contributed by atoms with Crippen molar-refractivity contribution < 1.29 is 13.2 Å². The van der Waals surface area contributed by atoms with Gasteiger partial charge in [-0.15, -0.1) is 11.6 Å². The van der Waals surface area contributed by atoms with Crippen LogP contribution in [0, 0.1) is 0 Å². The molecular formula is C21H29ClN4O3S2. The summed E-state index contributed by atoms with van der Waals surface area (Å²) in [6, 6.07) is 8.63. The number of alkyl halides is 1. The maximum atomic E-state index is 13.3. The van der Waals surface area contributed by atoms with Gasteiger partial charge in [0.25, 0.3) is 0 Å². The van der Waals surface area contributed by atoms with Gasteiger partial charge in [0.05, 0.1) is 11.4 Å². The summed E-state index contributed by atoms with van der Waals surface area (Å²) >= 11 is 7.47. The van der Waals surface area contributed by atoms with E-state index in [0.717, 1.165) is 25.7 Å². The van der Waals surface area contributed by atoms with E-state index in [1.165, 1.54) is 18.2 Å². The Labute approximate surface area is 193 Å². The lowest BCUT2D eigenvalue weighted by atomic mass is 9.91. The van der Waals surface area contributed by atoms with E-state index in [-0.39, 0.29) is 22.8 Å². The van der Waals surface area contributed by atoms with Gasteiger partial charge in [0, 0.05) is 25.2 Å².